The van der Waals surface area contributed by atoms with Crippen LogP contribution in [0.25, 0.3) is 0 Å². The van der Waals surface area contributed by atoms with Gasteiger partial charge in [0.15, 0.2) is 5.03 Å². The van der Waals surface area contributed by atoms with Crippen molar-refractivity contribution in [3.05, 3.63) is 21.6 Å². The second kappa shape index (κ2) is 4.97. The van der Waals surface area contributed by atoms with Crippen molar-refractivity contribution in [2.75, 3.05) is 0 Å². The van der Waals surface area contributed by atoms with E-state index in [1.54, 1.807) is 0 Å². The van der Waals surface area contributed by atoms with Crippen molar-refractivity contribution in [1.82, 2.24) is 9.97 Å². The Balaban J connectivity index is 2.25. The number of aromatic nitrogens is 2. The van der Waals surface area contributed by atoms with E-state index in [1.807, 2.05) is 0 Å². The third kappa shape index (κ3) is 2.44. The van der Waals surface area contributed by atoms with Gasteiger partial charge in [0.2, 0.25) is 5.15 Å². The minimum absolute atomic E-state index is 0.0829. The van der Waals surface area contributed by atoms with Gasteiger partial charge in [-0.15, -0.1) is 0 Å². The molecule has 0 radical (unpaired) electrons. The van der Waals surface area contributed by atoms with Crippen LogP contribution < -0.4 is 0 Å². The summed E-state index contributed by atoms with van der Waals surface area (Å²) in [6.45, 7) is 0. The molecule has 86 valence electrons. The van der Waals surface area contributed by atoms with Crippen molar-refractivity contribution >= 4 is 29.1 Å². The lowest BCUT2D eigenvalue weighted by molar-refractivity contribution is -0.388. The monoisotopic (exact) mass is 259 g/mol. The molecule has 0 aromatic carbocycles. The Morgan fingerprint density at radius 2 is 2.12 bits per heavy atom. The fourth-order valence-electron chi connectivity index (χ4n) is 1.75. The van der Waals surface area contributed by atoms with E-state index in [1.165, 1.54) is 30.9 Å². The maximum atomic E-state index is 10.8. The summed E-state index contributed by atoms with van der Waals surface area (Å²) in [6, 6.07) is 0. The van der Waals surface area contributed by atoms with Crippen molar-refractivity contribution < 1.29 is 4.92 Å². The summed E-state index contributed by atoms with van der Waals surface area (Å²) in [6.07, 6.45) is 5.81. The Hall–Kier alpha value is -0.880. The Labute approximate surface area is 102 Å². The van der Waals surface area contributed by atoms with Gasteiger partial charge in [-0.3, -0.25) is 10.1 Å². The van der Waals surface area contributed by atoms with Crippen molar-refractivity contribution in [2.45, 2.75) is 36.0 Å². The molecule has 0 atom stereocenters. The first kappa shape index (κ1) is 11.6. The molecule has 1 fully saturated rings. The normalized spacial score (nSPS) is 16.6. The topological polar surface area (TPSA) is 68.9 Å². The van der Waals surface area contributed by atoms with Crippen LogP contribution in [0.3, 0.4) is 0 Å². The summed E-state index contributed by atoms with van der Waals surface area (Å²) in [7, 11) is 0. The Kier molecular flexibility index (Phi) is 3.60. The van der Waals surface area contributed by atoms with E-state index in [0.29, 0.717) is 10.3 Å². The molecule has 1 aromatic rings. The number of halogens is 1. The third-order valence-electron chi connectivity index (χ3n) is 2.51. The zero-order chi connectivity index (χ0) is 11.5. The second-order valence-electron chi connectivity index (χ2n) is 3.60. The maximum Gasteiger partial charge on any atom is 0.338 e. The molecule has 1 saturated carbocycles. The fourth-order valence-corrected chi connectivity index (χ4v) is 3.28. The van der Waals surface area contributed by atoms with Crippen LogP contribution in [0.5, 0.6) is 0 Å². The highest BCUT2D eigenvalue weighted by Crippen LogP contribution is 2.39. The van der Waals surface area contributed by atoms with E-state index in [9.17, 15) is 10.1 Å². The van der Waals surface area contributed by atoms with E-state index >= 15 is 0 Å². The minimum atomic E-state index is -0.514. The SMILES string of the molecule is O=[N+]([O-])c1c(Cl)ncnc1SC1CCCC1. The van der Waals surface area contributed by atoms with Gasteiger partial charge in [0, 0.05) is 5.25 Å². The zero-order valence-electron chi connectivity index (χ0n) is 8.43. The highest BCUT2D eigenvalue weighted by molar-refractivity contribution is 8.00. The molecule has 5 nitrogen and oxygen atoms in total. The molecule has 1 aliphatic rings. The average molecular weight is 260 g/mol. The molecule has 1 aromatic heterocycles. The number of hydrogen-bond acceptors (Lipinski definition) is 5. The summed E-state index contributed by atoms with van der Waals surface area (Å²) in [4.78, 5) is 17.9. The summed E-state index contributed by atoms with van der Waals surface area (Å²) < 4.78 is 0. The number of nitro groups is 1. The number of thioether (sulfide) groups is 1. The number of rotatable bonds is 3. The molecule has 0 aliphatic heterocycles. The van der Waals surface area contributed by atoms with Gasteiger partial charge in [0.05, 0.1) is 4.92 Å². The first-order valence-electron chi connectivity index (χ1n) is 5.00. The minimum Gasteiger partial charge on any atom is -0.258 e. The molecule has 1 heterocycles. The van der Waals surface area contributed by atoms with E-state index in [0.717, 1.165) is 12.8 Å². The molecular weight excluding hydrogens is 250 g/mol. The van der Waals surface area contributed by atoms with E-state index in [-0.39, 0.29) is 10.8 Å². The van der Waals surface area contributed by atoms with E-state index in [2.05, 4.69) is 9.97 Å². The standard InChI is InChI=1S/C9H10ClN3O2S/c10-8-7(13(14)15)9(12-5-11-8)16-6-3-1-2-4-6/h5-6H,1-4H2. The van der Waals surface area contributed by atoms with Crippen LogP contribution in [0, 0.1) is 10.1 Å². The molecule has 2 rings (SSSR count). The smallest absolute Gasteiger partial charge is 0.258 e. The van der Waals surface area contributed by atoms with Crippen molar-refractivity contribution in [1.29, 1.82) is 0 Å². The van der Waals surface area contributed by atoms with Gasteiger partial charge < -0.3 is 0 Å². The molecule has 0 bridgehead atoms. The van der Waals surface area contributed by atoms with Gasteiger partial charge in [-0.25, -0.2) is 9.97 Å². The molecule has 0 N–H and O–H groups in total. The van der Waals surface area contributed by atoms with E-state index in [4.69, 9.17) is 11.6 Å². The molecule has 0 saturated heterocycles. The highest BCUT2D eigenvalue weighted by atomic mass is 35.5. The van der Waals surface area contributed by atoms with E-state index < -0.39 is 4.92 Å². The molecular formula is C9H10ClN3O2S. The van der Waals surface area contributed by atoms with Crippen LogP contribution in [0.15, 0.2) is 11.4 Å². The van der Waals surface area contributed by atoms with Gasteiger partial charge in [-0.2, -0.15) is 0 Å². The summed E-state index contributed by atoms with van der Waals surface area (Å²) in [5.41, 5.74) is -0.166. The third-order valence-corrected chi connectivity index (χ3v) is 4.11. The Bertz CT molecular complexity index is 410. The van der Waals surface area contributed by atoms with Gasteiger partial charge >= 0.3 is 5.69 Å². The van der Waals surface area contributed by atoms with Gasteiger partial charge in [-0.05, 0) is 12.8 Å². The fraction of sp³-hybridized carbons (Fsp3) is 0.556. The predicted octanol–water partition coefficient (Wildman–Crippen LogP) is 3.07. The van der Waals surface area contributed by atoms with Gasteiger partial charge in [0.1, 0.15) is 6.33 Å². The lowest BCUT2D eigenvalue weighted by atomic mass is 10.4. The summed E-state index contributed by atoms with van der Waals surface area (Å²) in [5.74, 6) is 0. The average Bonchev–Trinajstić information content (AvgIpc) is 2.70. The first-order chi connectivity index (χ1) is 7.68. The van der Waals surface area contributed by atoms with Crippen LogP contribution in [0.1, 0.15) is 25.7 Å². The maximum absolute atomic E-state index is 10.8. The van der Waals surface area contributed by atoms with Crippen molar-refractivity contribution in [3.8, 4) is 0 Å². The Morgan fingerprint density at radius 1 is 1.44 bits per heavy atom. The molecule has 16 heavy (non-hydrogen) atoms. The van der Waals surface area contributed by atoms with Crippen LogP contribution in [0.2, 0.25) is 5.15 Å². The van der Waals surface area contributed by atoms with Crippen LogP contribution in [0.4, 0.5) is 5.69 Å². The molecule has 0 spiro atoms. The van der Waals surface area contributed by atoms with Crippen LogP contribution in [-0.2, 0) is 0 Å². The summed E-state index contributed by atoms with van der Waals surface area (Å²) >= 11 is 7.15. The summed E-state index contributed by atoms with van der Waals surface area (Å²) in [5, 5.41) is 11.6. The predicted molar refractivity (Wildman–Crippen MR) is 61.8 cm³/mol. The van der Waals surface area contributed by atoms with Crippen molar-refractivity contribution in [3.63, 3.8) is 0 Å². The first-order valence-corrected chi connectivity index (χ1v) is 6.26. The van der Waals surface area contributed by atoms with Gasteiger partial charge in [-0.1, -0.05) is 36.2 Å². The lowest BCUT2D eigenvalue weighted by Gasteiger charge is -2.07. The number of hydrogen-bond donors (Lipinski definition) is 0. The second-order valence-corrected chi connectivity index (χ2v) is 5.25. The molecule has 0 unspecified atom stereocenters. The van der Waals surface area contributed by atoms with Crippen molar-refractivity contribution in [2.24, 2.45) is 0 Å². The van der Waals surface area contributed by atoms with Crippen LogP contribution in [-0.4, -0.2) is 20.1 Å². The lowest BCUT2D eigenvalue weighted by Crippen LogP contribution is -2.00. The van der Waals surface area contributed by atoms with Gasteiger partial charge in [0.25, 0.3) is 0 Å². The number of nitrogens with zero attached hydrogens (tertiary/aromatic N) is 3. The highest BCUT2D eigenvalue weighted by Gasteiger charge is 2.26. The quantitative estimate of drug-likeness (QED) is 0.474. The molecule has 7 heteroatoms. The largest absolute Gasteiger partial charge is 0.338 e. The van der Waals surface area contributed by atoms with Crippen LogP contribution >= 0.6 is 23.4 Å². The Morgan fingerprint density at radius 3 is 2.75 bits per heavy atom. The molecule has 1 aliphatic carbocycles. The zero-order valence-corrected chi connectivity index (χ0v) is 10.00. The molecule has 0 amide bonds.